The smallest absolute Gasteiger partial charge is 0.407 e. The minimum atomic E-state index is -0.735. The number of fused-ring (bicyclic) bond motifs is 2. The van der Waals surface area contributed by atoms with Crippen molar-refractivity contribution in [1.29, 1.82) is 0 Å². The molecule has 3 N–H and O–H groups in total. The zero-order chi connectivity index (χ0) is 26.8. The van der Waals surface area contributed by atoms with E-state index in [1.807, 2.05) is 27.7 Å². The summed E-state index contributed by atoms with van der Waals surface area (Å²) in [5, 5.41) is 20.6. The summed E-state index contributed by atoms with van der Waals surface area (Å²) in [5.74, 6) is 0.467. The van der Waals surface area contributed by atoms with Gasteiger partial charge in [0.05, 0.1) is 30.9 Å². The summed E-state index contributed by atoms with van der Waals surface area (Å²) >= 11 is 0. The van der Waals surface area contributed by atoms with Crippen LogP contribution >= 0.6 is 0 Å². The molecule has 10 nitrogen and oxygen atoms in total. The second-order valence-electron chi connectivity index (χ2n) is 12.6. The molecule has 10 heteroatoms. The Morgan fingerprint density at radius 3 is 2.59 bits per heavy atom. The molecule has 1 spiro atoms. The van der Waals surface area contributed by atoms with Crippen molar-refractivity contribution in [3.63, 3.8) is 0 Å². The molecule has 1 heterocycles. The largest absolute Gasteiger partial charge is 0.481 e. The van der Waals surface area contributed by atoms with E-state index in [1.165, 1.54) is 18.0 Å². The van der Waals surface area contributed by atoms with Gasteiger partial charge in [0.15, 0.2) is 0 Å². The molecule has 202 valence electrons. The fourth-order valence-electron chi connectivity index (χ4n) is 8.01. The number of methoxy groups -OCH3 is 1. The second kappa shape index (κ2) is 8.49. The topological polar surface area (TPSA) is 132 Å². The Morgan fingerprint density at radius 1 is 1.24 bits per heavy atom. The van der Waals surface area contributed by atoms with Crippen LogP contribution in [-0.4, -0.2) is 57.7 Å². The Morgan fingerprint density at radius 2 is 1.95 bits per heavy atom. The quantitative estimate of drug-likeness (QED) is 0.458. The maximum Gasteiger partial charge on any atom is 0.407 e. The van der Waals surface area contributed by atoms with E-state index < -0.39 is 28.6 Å². The van der Waals surface area contributed by atoms with E-state index in [9.17, 15) is 19.5 Å². The van der Waals surface area contributed by atoms with Crippen LogP contribution in [0.2, 0.25) is 0 Å². The highest BCUT2D eigenvalue weighted by atomic mass is 16.5. The first-order valence-corrected chi connectivity index (χ1v) is 13.2. The molecule has 2 amide bonds. The van der Waals surface area contributed by atoms with Gasteiger partial charge >= 0.3 is 12.1 Å². The standard InChI is InChI=1S/C27H38N4O6/c1-16(2)14-37-21-19(13-28-31(21)7-6-24(3,4)30-23(35)36-5)20(32)29-27-12-18-8-17-9-25(15-27,22(33)34)26(27,10-17)11-18/h6-7,13,16-18H,8-12,14-15H2,1-5H3,(H,29,32)(H,30,35)(H,33,34)/b7-6+/t17?,18?,25-,26?,27?/m1/s1. The molecule has 0 aromatic carbocycles. The first kappa shape index (κ1) is 25.6. The summed E-state index contributed by atoms with van der Waals surface area (Å²) in [5.41, 5.74) is -1.97. The van der Waals surface area contributed by atoms with Crippen molar-refractivity contribution >= 4 is 24.2 Å². The van der Waals surface area contributed by atoms with Crippen molar-refractivity contribution in [2.75, 3.05) is 13.7 Å². The minimum absolute atomic E-state index is 0.227. The lowest BCUT2D eigenvalue weighted by Crippen LogP contribution is -2.74. The highest BCUT2D eigenvalue weighted by Gasteiger charge is 2.84. The monoisotopic (exact) mass is 514 g/mol. The molecule has 4 unspecified atom stereocenters. The molecule has 5 atom stereocenters. The third-order valence-electron chi connectivity index (χ3n) is 9.20. The van der Waals surface area contributed by atoms with E-state index in [2.05, 4.69) is 15.7 Å². The van der Waals surface area contributed by atoms with Gasteiger partial charge in [-0.1, -0.05) is 13.8 Å². The molecule has 4 aliphatic rings. The highest BCUT2D eigenvalue weighted by molar-refractivity contribution is 5.97. The van der Waals surface area contributed by atoms with Crippen LogP contribution in [0.15, 0.2) is 12.3 Å². The van der Waals surface area contributed by atoms with Gasteiger partial charge in [0, 0.05) is 17.2 Å². The molecule has 0 aliphatic heterocycles. The number of hydrogen-bond acceptors (Lipinski definition) is 6. The van der Waals surface area contributed by atoms with E-state index in [1.54, 1.807) is 12.3 Å². The van der Waals surface area contributed by atoms with Crippen molar-refractivity contribution in [2.45, 2.75) is 77.3 Å². The first-order chi connectivity index (χ1) is 17.4. The number of nitrogens with one attached hydrogen (secondary N) is 2. The normalized spacial score (nSPS) is 33.4. The zero-order valence-electron chi connectivity index (χ0n) is 22.3. The molecule has 1 aromatic heterocycles. The first-order valence-electron chi connectivity index (χ1n) is 13.2. The molecule has 1 aromatic rings. The van der Waals surface area contributed by atoms with E-state index in [-0.39, 0.29) is 17.2 Å². The molecule has 37 heavy (non-hydrogen) atoms. The number of carbonyl (C=O) groups excluding carboxylic acids is 2. The number of aromatic nitrogens is 2. The average molecular weight is 515 g/mol. The lowest BCUT2D eigenvalue weighted by atomic mass is 9.42. The Labute approximate surface area is 217 Å². The van der Waals surface area contributed by atoms with E-state index >= 15 is 0 Å². The molecule has 0 saturated heterocycles. The maximum absolute atomic E-state index is 13.7. The van der Waals surface area contributed by atoms with Gasteiger partial charge in [-0.05, 0) is 76.2 Å². The number of ether oxygens (including phenoxy) is 2. The summed E-state index contributed by atoms with van der Waals surface area (Å²) in [6, 6.07) is 0. The molecular formula is C27H38N4O6. The zero-order valence-corrected chi connectivity index (χ0v) is 22.3. The van der Waals surface area contributed by atoms with Gasteiger partial charge in [-0.15, -0.1) is 0 Å². The predicted molar refractivity (Wildman–Crippen MR) is 135 cm³/mol. The van der Waals surface area contributed by atoms with Gasteiger partial charge in [-0.2, -0.15) is 5.10 Å². The van der Waals surface area contributed by atoms with Gasteiger partial charge < -0.3 is 25.2 Å². The van der Waals surface area contributed by atoms with E-state index in [4.69, 9.17) is 9.47 Å². The average Bonchev–Trinajstić information content (AvgIpc) is 3.35. The van der Waals surface area contributed by atoms with Crippen LogP contribution in [0.5, 0.6) is 5.88 Å². The van der Waals surface area contributed by atoms with Crippen molar-refractivity contribution < 1.29 is 29.0 Å². The number of amides is 2. The Balaban J connectivity index is 1.41. The predicted octanol–water partition coefficient (Wildman–Crippen LogP) is 3.68. The lowest BCUT2D eigenvalue weighted by molar-refractivity contribution is -0.188. The van der Waals surface area contributed by atoms with Gasteiger partial charge in [-0.25, -0.2) is 9.48 Å². The van der Waals surface area contributed by atoms with Gasteiger partial charge in [0.25, 0.3) is 5.91 Å². The SMILES string of the molecule is COC(=O)NC(C)(C)/C=C/n1ncc(C(=O)NC23CC4CC5CC2(C4)[C@](C(=O)O)(C5)C3)c1OCC(C)C. The number of carboxylic acids is 1. The molecule has 5 rings (SSSR count). The highest BCUT2D eigenvalue weighted by Crippen LogP contribution is 2.82. The van der Waals surface area contributed by atoms with Crippen LogP contribution in [0.3, 0.4) is 0 Å². The molecule has 4 saturated carbocycles. The molecular weight excluding hydrogens is 476 g/mol. The van der Waals surface area contributed by atoms with Crippen LogP contribution in [0, 0.1) is 28.6 Å². The minimum Gasteiger partial charge on any atom is -0.481 e. The maximum atomic E-state index is 13.7. The Bertz CT molecular complexity index is 1150. The van der Waals surface area contributed by atoms with E-state index in [0.29, 0.717) is 36.3 Å². The second-order valence-corrected chi connectivity index (χ2v) is 12.6. The van der Waals surface area contributed by atoms with Crippen molar-refractivity contribution in [1.82, 2.24) is 20.4 Å². The molecule has 0 radical (unpaired) electrons. The summed E-state index contributed by atoms with van der Waals surface area (Å²) in [6.45, 7) is 8.05. The lowest BCUT2D eigenvalue weighted by Gasteiger charge is -2.64. The van der Waals surface area contributed by atoms with Crippen LogP contribution in [0.4, 0.5) is 4.79 Å². The van der Waals surface area contributed by atoms with Gasteiger partial charge in [0.2, 0.25) is 5.88 Å². The van der Waals surface area contributed by atoms with Crippen LogP contribution in [0.25, 0.3) is 6.20 Å². The van der Waals surface area contributed by atoms with Crippen molar-refractivity contribution in [2.24, 2.45) is 28.6 Å². The van der Waals surface area contributed by atoms with Crippen molar-refractivity contribution in [3.8, 4) is 5.88 Å². The Kier molecular flexibility index (Phi) is 5.88. The van der Waals surface area contributed by atoms with Gasteiger partial charge in [-0.3, -0.25) is 9.59 Å². The summed E-state index contributed by atoms with van der Waals surface area (Å²) in [4.78, 5) is 37.9. The number of aliphatic carboxylic acids is 1. The number of hydrogen-bond donors (Lipinski definition) is 3. The van der Waals surface area contributed by atoms with Gasteiger partial charge in [0.1, 0.15) is 5.56 Å². The molecule has 3 bridgehead atoms. The Hall–Kier alpha value is -3.04. The number of rotatable bonds is 9. The van der Waals surface area contributed by atoms with Crippen molar-refractivity contribution in [3.05, 3.63) is 17.8 Å². The summed E-state index contributed by atoms with van der Waals surface area (Å²) < 4.78 is 12.2. The third kappa shape index (κ3) is 3.82. The third-order valence-corrected chi connectivity index (χ3v) is 9.20. The number of carbonyl (C=O) groups is 3. The van der Waals surface area contributed by atoms with Crippen LogP contribution < -0.4 is 15.4 Å². The molecule has 4 aliphatic carbocycles. The van der Waals surface area contributed by atoms with Crippen LogP contribution in [-0.2, 0) is 9.53 Å². The fraction of sp³-hybridized carbons (Fsp3) is 0.704. The summed E-state index contributed by atoms with van der Waals surface area (Å²) in [6.07, 6.45) is 9.24. The fourth-order valence-corrected chi connectivity index (χ4v) is 8.01. The number of carboxylic acid groups (broad SMARTS) is 1. The molecule has 4 fully saturated rings. The summed E-state index contributed by atoms with van der Waals surface area (Å²) in [7, 11) is 1.30. The number of nitrogens with zero attached hydrogens (tertiary/aromatic N) is 2. The van der Waals surface area contributed by atoms with Crippen LogP contribution in [0.1, 0.15) is 76.6 Å². The van der Waals surface area contributed by atoms with E-state index in [0.717, 1.165) is 32.1 Å². The number of alkyl carbamates (subject to hydrolysis) is 1.